The number of hydrogen-bond acceptors (Lipinski definition) is 17. The molecule has 27 heteroatoms. The zero-order valence-corrected chi connectivity index (χ0v) is 40.3. The van der Waals surface area contributed by atoms with Crippen molar-refractivity contribution in [1.29, 1.82) is 0 Å². The van der Waals surface area contributed by atoms with Crippen molar-refractivity contribution in [2.75, 3.05) is 26.4 Å². The van der Waals surface area contributed by atoms with E-state index in [1.807, 2.05) is 19.1 Å². The molecule has 308 valence electrons. The van der Waals surface area contributed by atoms with Crippen LogP contribution in [0.4, 0.5) is 0 Å². The molecule has 0 spiro atoms. The highest BCUT2D eigenvalue weighted by Gasteiger charge is 2.56. The largest absolute Gasteiger partial charge is 0.363 e. The van der Waals surface area contributed by atoms with E-state index in [1.165, 1.54) is 0 Å². The van der Waals surface area contributed by atoms with Gasteiger partial charge in [0.15, 0.2) is 27.3 Å². The van der Waals surface area contributed by atoms with Gasteiger partial charge in [-0.05, 0) is 13.3 Å². The average Bonchev–Trinajstić information content (AvgIpc) is 3.15. The van der Waals surface area contributed by atoms with Crippen molar-refractivity contribution < 1.29 is 78.5 Å². The van der Waals surface area contributed by atoms with Crippen molar-refractivity contribution in [3.63, 3.8) is 0 Å². The molecule has 0 aliphatic carbocycles. The number of carbonyl (C=O) groups is 1. The highest BCUT2D eigenvalue weighted by atomic mass is 31.1. The van der Waals surface area contributed by atoms with Crippen LogP contribution in [0.5, 0.6) is 0 Å². The number of Topliss-reactive ketones (excluding diaryl/α,β-unsaturated/α-hetero) is 1. The Bertz CT molecular complexity index is 1110. The van der Waals surface area contributed by atoms with Crippen molar-refractivity contribution in [3.05, 3.63) is 12.2 Å². The van der Waals surface area contributed by atoms with E-state index in [1.54, 1.807) is 6.92 Å². The molecule has 0 N–H and O–H groups in total. The number of rotatable bonds is 23. The fourth-order valence-corrected chi connectivity index (χ4v) is 9.19. The fourth-order valence-electron chi connectivity index (χ4n) is 6.05. The summed E-state index contributed by atoms with van der Waals surface area (Å²) in [7, 11) is 19.4. The molecule has 0 amide bonds. The molecule has 0 aromatic carbocycles. The van der Waals surface area contributed by atoms with Gasteiger partial charge < -0.3 is 69.1 Å². The topological polar surface area (TPSA) is 173 Å². The van der Waals surface area contributed by atoms with E-state index in [0.717, 1.165) is 0 Å². The Kier molecular flexibility index (Phi) is 25.4. The van der Waals surface area contributed by atoms with E-state index >= 15 is 0 Å². The number of allylic oxidation sites excluding steroid dienone is 1. The van der Waals surface area contributed by atoms with Gasteiger partial charge in [-0.15, -0.1) is 0 Å². The lowest BCUT2D eigenvalue weighted by atomic mass is 9.96. The number of hydrogen-bond donors (Lipinski definition) is 0. The molecule has 0 aromatic heterocycles. The molecular weight excluding hydrogens is 894 g/mol. The molecule has 3 rings (SSSR count). The maximum atomic E-state index is 12.5. The molecule has 3 saturated heterocycles. The Labute approximate surface area is 333 Å². The molecule has 0 radical (unpaired) electrons. The Morgan fingerprint density at radius 2 is 1.04 bits per heavy atom. The molecule has 17 unspecified atom stereocenters. The average molecular weight is 946 g/mol. The molecule has 25 atom stereocenters. The summed E-state index contributed by atoms with van der Waals surface area (Å²) in [4.78, 5) is 11.6. The molecule has 53 heavy (non-hydrogen) atoms. The molecule has 17 nitrogen and oxygen atoms in total. The molecule has 3 fully saturated rings. The Morgan fingerprint density at radius 3 is 1.49 bits per heavy atom. The molecule has 0 aromatic rings. The predicted octanol–water partition coefficient (Wildman–Crippen LogP) is 3.25. The zero-order chi connectivity index (χ0) is 39.1. The lowest BCUT2D eigenvalue weighted by molar-refractivity contribution is -0.360. The second-order valence-electron chi connectivity index (χ2n) is 12.1. The van der Waals surface area contributed by atoms with Gasteiger partial charge in [0.05, 0.1) is 26.4 Å². The fraction of sp³-hybridized carbons (Fsp3) is 0.885. The lowest BCUT2D eigenvalue weighted by Gasteiger charge is -2.50. The summed E-state index contributed by atoms with van der Waals surface area (Å²) < 4.78 is 101. The molecule has 3 aliphatic rings. The highest BCUT2D eigenvalue weighted by molar-refractivity contribution is 7.25. The minimum atomic E-state index is -1.13. The molecule has 0 saturated carbocycles. The van der Waals surface area contributed by atoms with Gasteiger partial charge in [-0.3, -0.25) is 9.36 Å². The van der Waals surface area contributed by atoms with Crippen LogP contribution in [0.3, 0.4) is 0 Å². The minimum absolute atomic E-state index is 0.0103. The Hall–Kier alpha value is 2.78. The molecule has 3 aliphatic heterocycles. The normalized spacial score (nSPS) is 38.7. The van der Waals surface area contributed by atoms with E-state index in [9.17, 15) is 9.36 Å². The van der Waals surface area contributed by atoms with Gasteiger partial charge in [0.25, 0.3) is 0 Å². The van der Waals surface area contributed by atoms with Crippen molar-refractivity contribution in [1.82, 2.24) is 0 Å². The van der Waals surface area contributed by atoms with E-state index in [4.69, 9.17) is 69.1 Å². The minimum Gasteiger partial charge on any atom is -0.363 e. The maximum absolute atomic E-state index is 12.5. The first-order chi connectivity index (χ1) is 25.6. The summed E-state index contributed by atoms with van der Waals surface area (Å²) in [5, 5.41) is 0. The third-order valence-electron chi connectivity index (χ3n) is 8.93. The van der Waals surface area contributed by atoms with Crippen molar-refractivity contribution in [2.45, 2.75) is 112 Å². The predicted molar refractivity (Wildman–Crippen MR) is 221 cm³/mol. The second-order valence-corrected chi connectivity index (χ2v) is 15.5. The Morgan fingerprint density at radius 1 is 0.604 bits per heavy atom. The van der Waals surface area contributed by atoms with Crippen LogP contribution in [-0.2, 0) is 78.5 Å². The summed E-state index contributed by atoms with van der Waals surface area (Å²) >= 11 is 0. The van der Waals surface area contributed by atoms with Crippen LogP contribution >= 0.6 is 93.7 Å². The van der Waals surface area contributed by atoms with Gasteiger partial charge >= 0.3 is 0 Å². The van der Waals surface area contributed by atoms with Crippen molar-refractivity contribution in [3.8, 4) is 0 Å². The Balaban J connectivity index is 1.86. The van der Waals surface area contributed by atoms with Crippen LogP contribution in [0.1, 0.15) is 20.3 Å². The number of ether oxygens (including phenoxy) is 6. The molecular formula is C26H52O17P10. The second kappa shape index (κ2) is 26.9. The maximum Gasteiger partial charge on any atom is 0.187 e. The first kappa shape index (κ1) is 50.1. The summed E-state index contributed by atoms with van der Waals surface area (Å²) in [6.45, 7) is 3.75. The number of ketones is 1. The van der Waals surface area contributed by atoms with Crippen LogP contribution in [-0.4, -0.2) is 124 Å². The molecule has 3 heterocycles. The summed E-state index contributed by atoms with van der Waals surface area (Å²) in [6, 6.07) is 0. The van der Waals surface area contributed by atoms with E-state index in [0.29, 0.717) is 6.42 Å². The van der Waals surface area contributed by atoms with Crippen LogP contribution in [0, 0.1) is 5.92 Å². The summed E-state index contributed by atoms with van der Waals surface area (Å²) in [6.07, 6.45) is -7.77. The van der Waals surface area contributed by atoms with Crippen LogP contribution in [0.25, 0.3) is 0 Å². The first-order valence-corrected chi connectivity index (χ1v) is 21.2. The summed E-state index contributed by atoms with van der Waals surface area (Å²) in [5.41, 5.74) is -0.837. The van der Waals surface area contributed by atoms with E-state index < -0.39 is 91.7 Å². The quantitative estimate of drug-likeness (QED) is 0.108. The van der Waals surface area contributed by atoms with E-state index in [2.05, 4.69) is 85.2 Å². The number of carbonyl (C=O) groups excluding carboxylic acids is 1. The zero-order valence-electron chi connectivity index (χ0n) is 29.0. The summed E-state index contributed by atoms with van der Waals surface area (Å²) in [5.74, 6) is 0.0124. The standard InChI is InChI=1S/C26H52O17P10/c1-10(11(2)27)5-3-4-6-29-24-21(42-51)18(39-48)15(12(33-24)7-30-44)36-25-22(43-52)19(40-49)16(13(34-25)8-31-45)37-26-23(53-28)20(41-50)17(38-47)14(35-26)9-32-46/h3-4,10,12-26H,5-9,44-52H2,1-2H3/t10?,12?,13?,14?,15?,16-,17-,18-,19+,20+,21-,22?,23?,24?,25-,26+/m0/s1. The first-order valence-electron chi connectivity index (χ1n) is 16.1. The smallest absolute Gasteiger partial charge is 0.187 e. The monoisotopic (exact) mass is 946 g/mol. The lowest BCUT2D eigenvalue weighted by Crippen LogP contribution is -2.66. The van der Waals surface area contributed by atoms with Gasteiger partial charge in [-0.25, -0.2) is 0 Å². The van der Waals surface area contributed by atoms with Gasteiger partial charge in [-0.1, -0.05) is 19.1 Å². The SMILES string of the molecule is CC(=O)C(C)CC=CCOC1OC(COP)C(O[C@@H]2OC(COP)[C@H](O[C@H]3OC(COP)[C@H](OP)[C@@H](OP)C3P=O)[C@@H](OP)C2OP)[C@H](OP)[C@@H]1OP. The van der Waals surface area contributed by atoms with E-state index in [-0.39, 0.29) is 46.6 Å². The third-order valence-corrected chi connectivity index (χ3v) is 12.2. The van der Waals surface area contributed by atoms with Crippen LogP contribution in [0.2, 0.25) is 0 Å². The molecule has 0 bridgehead atoms. The van der Waals surface area contributed by atoms with Gasteiger partial charge in [-0.2, -0.15) is 0 Å². The van der Waals surface area contributed by atoms with Gasteiger partial charge in [0, 0.05) is 91.1 Å². The van der Waals surface area contributed by atoms with Crippen LogP contribution in [0.15, 0.2) is 12.2 Å². The van der Waals surface area contributed by atoms with Crippen LogP contribution < -0.4 is 0 Å². The van der Waals surface area contributed by atoms with Gasteiger partial charge in [0.1, 0.15) is 78.6 Å². The third kappa shape index (κ3) is 13.6. The highest BCUT2D eigenvalue weighted by Crippen LogP contribution is 2.41. The van der Waals surface area contributed by atoms with Crippen molar-refractivity contribution >= 4 is 99.4 Å². The van der Waals surface area contributed by atoms with Crippen molar-refractivity contribution in [2.24, 2.45) is 5.92 Å². The van der Waals surface area contributed by atoms with Gasteiger partial charge in [0.2, 0.25) is 0 Å².